The molecule has 3 heteroatoms. The van der Waals surface area contributed by atoms with Crippen LogP contribution in [0.25, 0.3) is 0 Å². The number of rotatable bonds is 3. The molecule has 3 nitrogen and oxygen atoms in total. The third kappa shape index (κ3) is 2.76. The standard InChI is InChI=1S/C13H24N2O/c1-13(2,14)12(16)15-11-8-10(11)9-6-4-3-5-7-9/h9-11H,3-8,14H2,1-2H3,(H,15,16). The van der Waals surface area contributed by atoms with Gasteiger partial charge in [0.2, 0.25) is 5.91 Å². The fourth-order valence-electron chi connectivity index (χ4n) is 2.82. The highest BCUT2D eigenvalue weighted by Gasteiger charge is 2.44. The highest BCUT2D eigenvalue weighted by molar-refractivity contribution is 5.85. The predicted molar refractivity (Wildman–Crippen MR) is 64.9 cm³/mol. The number of nitrogens with two attached hydrogens (primary N) is 1. The lowest BCUT2D eigenvalue weighted by Crippen LogP contribution is -2.50. The van der Waals surface area contributed by atoms with Gasteiger partial charge in [0.25, 0.3) is 0 Å². The fraction of sp³-hybridized carbons (Fsp3) is 0.923. The summed E-state index contributed by atoms with van der Waals surface area (Å²) in [5.74, 6) is 1.60. The molecule has 0 spiro atoms. The molecule has 2 fully saturated rings. The monoisotopic (exact) mass is 224 g/mol. The maximum absolute atomic E-state index is 11.7. The van der Waals surface area contributed by atoms with Gasteiger partial charge in [-0.05, 0) is 32.1 Å². The molecule has 0 saturated heterocycles. The largest absolute Gasteiger partial charge is 0.351 e. The summed E-state index contributed by atoms with van der Waals surface area (Å²) in [6.07, 6.45) is 8.06. The molecule has 1 amide bonds. The Morgan fingerprint density at radius 2 is 1.88 bits per heavy atom. The number of hydrogen-bond acceptors (Lipinski definition) is 2. The highest BCUT2D eigenvalue weighted by atomic mass is 16.2. The molecule has 16 heavy (non-hydrogen) atoms. The lowest BCUT2D eigenvalue weighted by atomic mass is 9.85. The minimum atomic E-state index is -0.736. The minimum Gasteiger partial charge on any atom is -0.351 e. The van der Waals surface area contributed by atoms with Crippen LogP contribution in [0.1, 0.15) is 52.4 Å². The van der Waals surface area contributed by atoms with Crippen LogP contribution < -0.4 is 11.1 Å². The van der Waals surface area contributed by atoms with Crippen molar-refractivity contribution in [3.05, 3.63) is 0 Å². The number of amides is 1. The topological polar surface area (TPSA) is 55.1 Å². The minimum absolute atomic E-state index is 0.00388. The van der Waals surface area contributed by atoms with Gasteiger partial charge in [-0.15, -0.1) is 0 Å². The highest BCUT2D eigenvalue weighted by Crippen LogP contribution is 2.44. The second-order valence-corrected chi connectivity index (χ2v) is 6.10. The Labute approximate surface area is 98.2 Å². The van der Waals surface area contributed by atoms with E-state index >= 15 is 0 Å². The molecule has 2 unspecified atom stereocenters. The molecular weight excluding hydrogens is 200 g/mol. The summed E-state index contributed by atoms with van der Waals surface area (Å²) >= 11 is 0. The van der Waals surface area contributed by atoms with Crippen LogP contribution >= 0.6 is 0 Å². The zero-order chi connectivity index (χ0) is 11.8. The van der Waals surface area contributed by atoms with Gasteiger partial charge in [-0.1, -0.05) is 32.1 Å². The van der Waals surface area contributed by atoms with E-state index in [-0.39, 0.29) is 5.91 Å². The molecule has 0 aromatic heterocycles. The maximum atomic E-state index is 11.7. The Hall–Kier alpha value is -0.570. The molecule has 2 atom stereocenters. The van der Waals surface area contributed by atoms with Crippen LogP contribution in [-0.2, 0) is 4.79 Å². The van der Waals surface area contributed by atoms with Gasteiger partial charge >= 0.3 is 0 Å². The molecule has 0 aliphatic heterocycles. The van der Waals surface area contributed by atoms with Gasteiger partial charge in [-0.3, -0.25) is 4.79 Å². The van der Waals surface area contributed by atoms with Crippen LogP contribution in [0.15, 0.2) is 0 Å². The van der Waals surface area contributed by atoms with E-state index in [0.29, 0.717) is 6.04 Å². The summed E-state index contributed by atoms with van der Waals surface area (Å²) in [6, 6.07) is 0.415. The van der Waals surface area contributed by atoms with E-state index in [1.807, 2.05) is 0 Å². The van der Waals surface area contributed by atoms with Gasteiger partial charge < -0.3 is 11.1 Å². The molecule has 0 bridgehead atoms. The molecule has 0 radical (unpaired) electrons. The van der Waals surface area contributed by atoms with Crippen molar-refractivity contribution in [1.29, 1.82) is 0 Å². The molecule has 2 aliphatic rings. The Morgan fingerprint density at radius 3 is 2.44 bits per heavy atom. The van der Waals surface area contributed by atoms with Crippen molar-refractivity contribution in [2.75, 3.05) is 0 Å². The van der Waals surface area contributed by atoms with Crippen molar-refractivity contribution in [2.45, 2.75) is 64.0 Å². The third-order valence-electron chi connectivity index (χ3n) is 4.00. The number of hydrogen-bond donors (Lipinski definition) is 2. The van der Waals surface area contributed by atoms with Crippen LogP contribution in [0.2, 0.25) is 0 Å². The fourth-order valence-corrected chi connectivity index (χ4v) is 2.82. The first kappa shape index (κ1) is 11.9. The smallest absolute Gasteiger partial charge is 0.239 e. The van der Waals surface area contributed by atoms with Gasteiger partial charge in [0, 0.05) is 6.04 Å². The lowest BCUT2D eigenvalue weighted by Gasteiger charge is -2.23. The van der Waals surface area contributed by atoms with Crippen molar-refractivity contribution >= 4 is 5.91 Å². The molecule has 3 N–H and O–H groups in total. The van der Waals surface area contributed by atoms with Gasteiger partial charge in [-0.25, -0.2) is 0 Å². The lowest BCUT2D eigenvalue weighted by molar-refractivity contribution is -0.125. The van der Waals surface area contributed by atoms with E-state index in [9.17, 15) is 4.79 Å². The van der Waals surface area contributed by atoms with E-state index in [4.69, 9.17) is 5.73 Å². The van der Waals surface area contributed by atoms with E-state index in [1.54, 1.807) is 13.8 Å². The van der Waals surface area contributed by atoms with E-state index in [0.717, 1.165) is 11.8 Å². The molecule has 2 saturated carbocycles. The second kappa shape index (κ2) is 4.36. The van der Waals surface area contributed by atoms with Crippen molar-refractivity contribution < 1.29 is 4.79 Å². The molecule has 2 rings (SSSR count). The van der Waals surface area contributed by atoms with Crippen molar-refractivity contribution in [2.24, 2.45) is 17.6 Å². The summed E-state index contributed by atoms with van der Waals surface area (Å²) in [5.41, 5.74) is 5.03. The van der Waals surface area contributed by atoms with Crippen molar-refractivity contribution in [3.8, 4) is 0 Å². The van der Waals surface area contributed by atoms with Crippen LogP contribution in [-0.4, -0.2) is 17.5 Å². The maximum Gasteiger partial charge on any atom is 0.239 e. The van der Waals surface area contributed by atoms with Gasteiger partial charge in [0.05, 0.1) is 5.54 Å². The SMILES string of the molecule is CC(C)(N)C(=O)NC1CC1C1CCCCC1. The number of carbonyl (C=O) groups is 1. The van der Waals surface area contributed by atoms with Crippen LogP contribution in [0, 0.1) is 11.8 Å². The molecular formula is C13H24N2O. The van der Waals surface area contributed by atoms with Crippen molar-refractivity contribution in [3.63, 3.8) is 0 Å². The molecule has 0 heterocycles. The number of carbonyl (C=O) groups excluding carboxylic acids is 1. The Kier molecular flexibility index (Phi) is 3.24. The van der Waals surface area contributed by atoms with Gasteiger partial charge in [0.15, 0.2) is 0 Å². The molecule has 0 aromatic carbocycles. The first-order valence-corrected chi connectivity index (χ1v) is 6.58. The zero-order valence-electron chi connectivity index (χ0n) is 10.5. The van der Waals surface area contributed by atoms with Crippen molar-refractivity contribution in [1.82, 2.24) is 5.32 Å². The number of nitrogens with one attached hydrogen (secondary N) is 1. The summed E-state index contributed by atoms with van der Waals surface area (Å²) in [5, 5.41) is 3.08. The Morgan fingerprint density at radius 1 is 1.25 bits per heavy atom. The third-order valence-corrected chi connectivity index (χ3v) is 4.00. The van der Waals surface area contributed by atoms with E-state index < -0.39 is 5.54 Å². The summed E-state index contributed by atoms with van der Waals surface area (Å²) in [7, 11) is 0. The van der Waals surface area contributed by atoms with Gasteiger partial charge in [-0.2, -0.15) is 0 Å². The second-order valence-electron chi connectivity index (χ2n) is 6.10. The normalized spacial score (nSPS) is 31.2. The van der Waals surface area contributed by atoms with Crippen LogP contribution in [0.3, 0.4) is 0 Å². The molecule has 0 aromatic rings. The Balaban J connectivity index is 1.76. The quantitative estimate of drug-likeness (QED) is 0.768. The van der Waals surface area contributed by atoms with E-state index in [1.165, 1.54) is 38.5 Å². The van der Waals surface area contributed by atoms with Crippen LogP contribution in [0.4, 0.5) is 0 Å². The average molecular weight is 224 g/mol. The predicted octanol–water partition coefficient (Wildman–Crippen LogP) is 1.81. The van der Waals surface area contributed by atoms with E-state index in [2.05, 4.69) is 5.32 Å². The summed E-state index contributed by atoms with van der Waals surface area (Å²) in [6.45, 7) is 3.53. The first-order valence-electron chi connectivity index (χ1n) is 6.58. The summed E-state index contributed by atoms with van der Waals surface area (Å²) < 4.78 is 0. The molecule has 2 aliphatic carbocycles. The Bertz CT molecular complexity index is 264. The zero-order valence-corrected chi connectivity index (χ0v) is 10.5. The van der Waals surface area contributed by atoms with Crippen LogP contribution in [0.5, 0.6) is 0 Å². The summed E-state index contributed by atoms with van der Waals surface area (Å²) in [4.78, 5) is 11.7. The first-order chi connectivity index (χ1) is 7.48. The van der Waals surface area contributed by atoms with Gasteiger partial charge in [0.1, 0.15) is 0 Å². The molecule has 92 valence electrons. The average Bonchev–Trinajstić information content (AvgIpc) is 2.97.